The third-order valence-electron chi connectivity index (χ3n) is 5.00. The second-order valence-electron chi connectivity index (χ2n) is 6.88. The van der Waals surface area contributed by atoms with Gasteiger partial charge in [-0.05, 0) is 48.4 Å². The van der Waals surface area contributed by atoms with Gasteiger partial charge in [-0.15, -0.1) is 0 Å². The van der Waals surface area contributed by atoms with Crippen molar-refractivity contribution in [2.45, 2.75) is 31.7 Å². The number of hydrogen-bond donors (Lipinski definition) is 1. The fraction of sp³-hybridized carbons (Fsp3) is 0.381. The number of carbonyl (C=O) groups excluding carboxylic acids is 1. The quantitative estimate of drug-likeness (QED) is 0.902. The normalized spacial score (nSPS) is 16.6. The van der Waals surface area contributed by atoms with E-state index in [2.05, 4.69) is 0 Å². The topological polar surface area (TPSA) is 46.3 Å². The maximum Gasteiger partial charge on any atom is 0.224 e. The van der Waals surface area contributed by atoms with Crippen LogP contribution in [0.3, 0.4) is 0 Å². The first-order valence-electron chi connectivity index (χ1n) is 8.94. The highest BCUT2D eigenvalue weighted by Gasteiger charge is 2.24. The molecule has 0 aromatic heterocycles. The molecule has 4 heteroatoms. The van der Waals surface area contributed by atoms with Gasteiger partial charge in [-0.1, -0.05) is 42.5 Å². The summed E-state index contributed by atoms with van der Waals surface area (Å²) < 4.78 is 13.3. The van der Waals surface area contributed by atoms with Crippen LogP contribution in [0.4, 0.5) is 4.39 Å². The molecular weight excluding hydrogens is 315 g/mol. The molecule has 0 saturated carbocycles. The summed E-state index contributed by atoms with van der Waals surface area (Å²) in [7, 11) is 0. The van der Waals surface area contributed by atoms with Crippen molar-refractivity contribution >= 4 is 5.91 Å². The standard InChI is InChI=1S/C21H25FN2O/c22-19-8-4-5-17(14-19)13-16-9-11-24(12-10-16)21(25)15-20(23)18-6-2-1-3-7-18/h1-8,14,16,20H,9-13,15,23H2. The van der Waals surface area contributed by atoms with E-state index in [0.29, 0.717) is 12.3 Å². The third-order valence-corrected chi connectivity index (χ3v) is 5.00. The molecule has 0 bridgehead atoms. The number of piperidine rings is 1. The van der Waals surface area contributed by atoms with Crippen LogP contribution in [0.25, 0.3) is 0 Å². The van der Waals surface area contributed by atoms with Crippen LogP contribution in [0.5, 0.6) is 0 Å². The van der Waals surface area contributed by atoms with E-state index in [0.717, 1.165) is 43.5 Å². The summed E-state index contributed by atoms with van der Waals surface area (Å²) in [4.78, 5) is 14.4. The number of nitrogens with two attached hydrogens (primary N) is 1. The van der Waals surface area contributed by atoms with Gasteiger partial charge >= 0.3 is 0 Å². The maximum absolute atomic E-state index is 13.3. The Balaban J connectivity index is 1.47. The van der Waals surface area contributed by atoms with Crippen molar-refractivity contribution in [3.63, 3.8) is 0 Å². The lowest BCUT2D eigenvalue weighted by Crippen LogP contribution is -2.40. The highest BCUT2D eigenvalue weighted by Crippen LogP contribution is 2.23. The Morgan fingerprint density at radius 3 is 2.52 bits per heavy atom. The zero-order chi connectivity index (χ0) is 17.6. The van der Waals surface area contributed by atoms with Gasteiger partial charge in [0.25, 0.3) is 0 Å². The van der Waals surface area contributed by atoms with E-state index in [4.69, 9.17) is 5.73 Å². The van der Waals surface area contributed by atoms with Crippen LogP contribution in [-0.4, -0.2) is 23.9 Å². The van der Waals surface area contributed by atoms with Crippen molar-refractivity contribution in [2.24, 2.45) is 11.7 Å². The average molecular weight is 340 g/mol. The molecule has 1 aliphatic rings. The second kappa shape index (κ2) is 8.26. The van der Waals surface area contributed by atoms with Gasteiger partial charge in [-0.25, -0.2) is 4.39 Å². The molecule has 0 aliphatic carbocycles. The number of rotatable bonds is 5. The van der Waals surface area contributed by atoms with E-state index >= 15 is 0 Å². The first kappa shape index (κ1) is 17.6. The van der Waals surface area contributed by atoms with Crippen LogP contribution in [0.2, 0.25) is 0 Å². The van der Waals surface area contributed by atoms with Gasteiger partial charge in [0.1, 0.15) is 5.82 Å². The van der Waals surface area contributed by atoms with Gasteiger partial charge in [-0.2, -0.15) is 0 Å². The summed E-state index contributed by atoms with van der Waals surface area (Å²) in [5.74, 6) is 0.453. The van der Waals surface area contributed by atoms with E-state index in [1.54, 1.807) is 12.1 Å². The number of likely N-dealkylation sites (tertiary alicyclic amines) is 1. The minimum Gasteiger partial charge on any atom is -0.343 e. The third kappa shape index (κ3) is 4.89. The Hall–Kier alpha value is -2.20. The van der Waals surface area contributed by atoms with Crippen LogP contribution in [-0.2, 0) is 11.2 Å². The largest absolute Gasteiger partial charge is 0.343 e. The summed E-state index contributed by atoms with van der Waals surface area (Å²) in [6.45, 7) is 1.53. The first-order chi connectivity index (χ1) is 12.1. The van der Waals surface area contributed by atoms with Crippen LogP contribution < -0.4 is 5.73 Å². The average Bonchev–Trinajstić information content (AvgIpc) is 2.63. The van der Waals surface area contributed by atoms with E-state index in [1.165, 1.54) is 6.07 Å². The van der Waals surface area contributed by atoms with Gasteiger partial charge in [0, 0.05) is 25.6 Å². The lowest BCUT2D eigenvalue weighted by atomic mass is 9.90. The van der Waals surface area contributed by atoms with Crippen molar-refractivity contribution in [1.29, 1.82) is 0 Å². The molecule has 3 nitrogen and oxygen atoms in total. The number of halogens is 1. The lowest BCUT2D eigenvalue weighted by Gasteiger charge is -2.32. The molecule has 1 aliphatic heterocycles. The molecule has 2 aromatic carbocycles. The van der Waals surface area contributed by atoms with Gasteiger partial charge in [0.15, 0.2) is 0 Å². The number of nitrogens with zero attached hydrogens (tertiary/aromatic N) is 1. The Morgan fingerprint density at radius 2 is 1.84 bits per heavy atom. The van der Waals surface area contributed by atoms with Crippen molar-refractivity contribution in [1.82, 2.24) is 4.90 Å². The molecule has 0 radical (unpaired) electrons. The van der Waals surface area contributed by atoms with Crippen LogP contribution in [0, 0.1) is 11.7 Å². The summed E-state index contributed by atoms with van der Waals surface area (Å²) in [6, 6.07) is 16.3. The molecule has 0 spiro atoms. The van der Waals surface area contributed by atoms with Gasteiger partial charge in [-0.3, -0.25) is 4.79 Å². The smallest absolute Gasteiger partial charge is 0.224 e. The molecule has 1 saturated heterocycles. The number of carbonyl (C=O) groups is 1. The SMILES string of the molecule is NC(CC(=O)N1CCC(Cc2cccc(F)c2)CC1)c1ccccc1. The number of benzene rings is 2. The maximum atomic E-state index is 13.3. The molecule has 1 unspecified atom stereocenters. The minimum absolute atomic E-state index is 0.126. The summed E-state index contributed by atoms with van der Waals surface area (Å²) in [6.07, 6.45) is 3.15. The molecule has 2 N–H and O–H groups in total. The first-order valence-corrected chi connectivity index (χ1v) is 8.94. The molecule has 3 rings (SSSR count). The van der Waals surface area contributed by atoms with Crippen LogP contribution >= 0.6 is 0 Å². The van der Waals surface area contributed by atoms with Gasteiger partial charge < -0.3 is 10.6 Å². The predicted octanol–water partition coefficient (Wildman–Crippen LogP) is 3.70. The molecule has 25 heavy (non-hydrogen) atoms. The van der Waals surface area contributed by atoms with Gasteiger partial charge in [0.05, 0.1) is 0 Å². The molecule has 1 heterocycles. The van der Waals surface area contributed by atoms with E-state index in [1.807, 2.05) is 41.3 Å². The molecule has 2 aromatic rings. The fourth-order valence-electron chi connectivity index (χ4n) is 3.52. The Morgan fingerprint density at radius 1 is 1.12 bits per heavy atom. The molecule has 1 fully saturated rings. The predicted molar refractivity (Wildman–Crippen MR) is 97.4 cm³/mol. The van der Waals surface area contributed by atoms with Gasteiger partial charge in [0.2, 0.25) is 5.91 Å². The Kier molecular flexibility index (Phi) is 5.82. The summed E-state index contributed by atoms with van der Waals surface area (Å²) in [5, 5.41) is 0. The van der Waals surface area contributed by atoms with Crippen molar-refractivity contribution in [3.8, 4) is 0 Å². The lowest BCUT2D eigenvalue weighted by molar-refractivity contribution is -0.133. The number of hydrogen-bond acceptors (Lipinski definition) is 2. The zero-order valence-electron chi connectivity index (χ0n) is 14.4. The second-order valence-corrected chi connectivity index (χ2v) is 6.88. The monoisotopic (exact) mass is 340 g/mol. The molecule has 1 amide bonds. The minimum atomic E-state index is -0.251. The van der Waals surface area contributed by atoms with Crippen molar-refractivity contribution < 1.29 is 9.18 Å². The molecule has 1 atom stereocenters. The van der Waals surface area contributed by atoms with Crippen molar-refractivity contribution in [3.05, 3.63) is 71.5 Å². The zero-order valence-corrected chi connectivity index (χ0v) is 14.4. The molecular formula is C21H25FN2O. The Labute approximate surface area is 148 Å². The fourth-order valence-corrected chi connectivity index (χ4v) is 3.52. The highest BCUT2D eigenvalue weighted by molar-refractivity contribution is 5.77. The van der Waals surface area contributed by atoms with Crippen molar-refractivity contribution in [2.75, 3.05) is 13.1 Å². The number of amides is 1. The van der Waals surface area contributed by atoms with E-state index in [9.17, 15) is 9.18 Å². The van der Waals surface area contributed by atoms with E-state index < -0.39 is 0 Å². The summed E-state index contributed by atoms with van der Waals surface area (Å²) in [5.41, 5.74) is 8.20. The van der Waals surface area contributed by atoms with Crippen LogP contribution in [0.15, 0.2) is 54.6 Å². The molecule has 132 valence electrons. The highest BCUT2D eigenvalue weighted by atomic mass is 19.1. The summed E-state index contributed by atoms with van der Waals surface area (Å²) >= 11 is 0. The van der Waals surface area contributed by atoms with Crippen LogP contribution in [0.1, 0.15) is 36.4 Å². The van der Waals surface area contributed by atoms with E-state index in [-0.39, 0.29) is 17.8 Å². The Bertz CT molecular complexity index is 696.